The van der Waals surface area contributed by atoms with Crippen LogP contribution in [0.2, 0.25) is 0 Å². The van der Waals surface area contributed by atoms with Gasteiger partial charge in [0.05, 0.1) is 30.7 Å². The lowest BCUT2D eigenvalue weighted by Gasteiger charge is -2.05. The van der Waals surface area contributed by atoms with Gasteiger partial charge in [0.1, 0.15) is 11.7 Å². The van der Waals surface area contributed by atoms with Crippen LogP contribution in [0.3, 0.4) is 0 Å². The molecule has 6 heteroatoms. The zero-order valence-electron chi connectivity index (χ0n) is 11.2. The van der Waals surface area contributed by atoms with Gasteiger partial charge >= 0.3 is 0 Å². The Labute approximate surface area is 117 Å². The molecule has 106 valence electrons. The molecule has 0 unspecified atom stereocenters. The van der Waals surface area contributed by atoms with Crippen molar-refractivity contribution in [3.63, 3.8) is 0 Å². The first kappa shape index (κ1) is 14.5. The number of nitrogens with zero attached hydrogens (tertiary/aromatic N) is 3. The van der Waals surface area contributed by atoms with Crippen LogP contribution in [0.4, 0.5) is 0 Å². The molecule has 2 rings (SSSR count). The van der Waals surface area contributed by atoms with Crippen LogP contribution >= 0.6 is 0 Å². The Kier molecular flexibility index (Phi) is 5.50. The normalized spacial score (nSPS) is 10.8. The summed E-state index contributed by atoms with van der Waals surface area (Å²) in [5.41, 5.74) is 2.48. The summed E-state index contributed by atoms with van der Waals surface area (Å²) < 4.78 is 7.10. The number of pyridine rings is 1. The molecule has 0 aliphatic rings. The van der Waals surface area contributed by atoms with Crippen molar-refractivity contribution in [1.29, 1.82) is 5.26 Å². The van der Waals surface area contributed by atoms with Crippen LogP contribution in [-0.4, -0.2) is 40.9 Å². The molecule has 2 aromatic rings. The van der Waals surface area contributed by atoms with Crippen molar-refractivity contribution < 1.29 is 9.84 Å². The first-order valence-electron chi connectivity index (χ1n) is 6.60. The second-order valence-electron chi connectivity index (χ2n) is 4.37. The van der Waals surface area contributed by atoms with Gasteiger partial charge in [-0.2, -0.15) is 5.26 Å². The molecular weight excluding hydrogens is 256 g/mol. The molecule has 0 amide bonds. The molecule has 0 fully saturated rings. The number of nitrogens with one attached hydrogen (secondary N) is 1. The van der Waals surface area contributed by atoms with Crippen molar-refractivity contribution in [1.82, 2.24) is 14.7 Å². The highest BCUT2D eigenvalue weighted by Gasteiger charge is 2.03. The topological polar surface area (TPSA) is 82.6 Å². The smallest absolute Gasteiger partial charge is 0.137 e. The zero-order chi connectivity index (χ0) is 14.2. The van der Waals surface area contributed by atoms with Gasteiger partial charge < -0.3 is 19.6 Å². The van der Waals surface area contributed by atoms with E-state index >= 15 is 0 Å². The highest BCUT2D eigenvalue weighted by molar-refractivity contribution is 5.44. The van der Waals surface area contributed by atoms with E-state index in [1.54, 1.807) is 12.3 Å². The first-order valence-corrected chi connectivity index (χ1v) is 6.60. The number of aliphatic hydroxyl groups excluding tert-OH is 1. The van der Waals surface area contributed by atoms with E-state index < -0.39 is 0 Å². The van der Waals surface area contributed by atoms with Crippen molar-refractivity contribution in [2.75, 3.05) is 26.4 Å². The van der Waals surface area contributed by atoms with E-state index in [2.05, 4.69) is 16.4 Å². The molecular formula is C14H18N4O2. The van der Waals surface area contributed by atoms with Crippen LogP contribution < -0.4 is 5.32 Å². The van der Waals surface area contributed by atoms with E-state index in [1.807, 2.05) is 16.7 Å². The van der Waals surface area contributed by atoms with E-state index in [-0.39, 0.29) is 6.61 Å². The average Bonchev–Trinajstić information content (AvgIpc) is 2.88. The monoisotopic (exact) mass is 274 g/mol. The van der Waals surface area contributed by atoms with Gasteiger partial charge in [-0.05, 0) is 25.1 Å². The summed E-state index contributed by atoms with van der Waals surface area (Å²) in [6, 6.07) is 5.73. The zero-order valence-corrected chi connectivity index (χ0v) is 11.2. The minimum Gasteiger partial charge on any atom is -0.394 e. The lowest BCUT2D eigenvalue weighted by Crippen LogP contribution is -2.17. The Hall–Kier alpha value is -1.94. The molecule has 0 atom stereocenters. The second-order valence-corrected chi connectivity index (χ2v) is 4.37. The summed E-state index contributed by atoms with van der Waals surface area (Å²) in [6.45, 7) is 2.62. The highest BCUT2D eigenvalue weighted by Crippen LogP contribution is 2.08. The van der Waals surface area contributed by atoms with Crippen LogP contribution in [0.25, 0.3) is 5.65 Å². The second kappa shape index (κ2) is 7.60. The Bertz CT molecular complexity index is 588. The SMILES string of the molecule is N#Cc1ccc2ncc(CNCCCOCCO)n2c1. The molecule has 0 aliphatic heterocycles. The molecule has 20 heavy (non-hydrogen) atoms. The lowest BCUT2D eigenvalue weighted by molar-refractivity contribution is 0.0907. The molecule has 0 saturated heterocycles. The van der Waals surface area contributed by atoms with Crippen LogP contribution in [-0.2, 0) is 11.3 Å². The predicted molar refractivity (Wildman–Crippen MR) is 74.1 cm³/mol. The molecule has 0 saturated carbocycles. The summed E-state index contributed by atoms with van der Waals surface area (Å²) in [4.78, 5) is 4.29. The van der Waals surface area contributed by atoms with E-state index in [0.717, 1.165) is 24.3 Å². The summed E-state index contributed by atoms with van der Waals surface area (Å²) in [7, 11) is 0. The summed E-state index contributed by atoms with van der Waals surface area (Å²) >= 11 is 0. The van der Waals surface area contributed by atoms with Crippen LogP contribution in [0.15, 0.2) is 24.5 Å². The maximum atomic E-state index is 8.91. The fourth-order valence-corrected chi connectivity index (χ4v) is 1.91. The Morgan fingerprint density at radius 3 is 3.10 bits per heavy atom. The van der Waals surface area contributed by atoms with Gasteiger partial charge in [-0.1, -0.05) is 0 Å². The van der Waals surface area contributed by atoms with E-state index in [9.17, 15) is 0 Å². The minimum absolute atomic E-state index is 0.0659. The fraction of sp³-hybridized carbons (Fsp3) is 0.429. The van der Waals surface area contributed by atoms with Crippen molar-refractivity contribution in [3.8, 4) is 6.07 Å². The molecule has 0 bridgehead atoms. The van der Waals surface area contributed by atoms with Gasteiger partial charge in [0, 0.05) is 19.3 Å². The Balaban J connectivity index is 1.83. The predicted octanol–water partition coefficient (Wildman–Crippen LogP) is 0.695. The van der Waals surface area contributed by atoms with Crippen molar-refractivity contribution in [2.24, 2.45) is 0 Å². The highest BCUT2D eigenvalue weighted by atomic mass is 16.5. The maximum absolute atomic E-state index is 8.91. The molecule has 0 aliphatic carbocycles. The molecule has 2 heterocycles. The third kappa shape index (κ3) is 3.78. The summed E-state index contributed by atoms with van der Waals surface area (Å²) in [5.74, 6) is 0. The standard InChI is InChI=1S/C14H18N4O2/c15-8-12-2-3-14-17-10-13(18(14)11-12)9-16-4-1-6-20-7-5-19/h2-3,10-11,16,19H,1,4-7,9H2. The van der Waals surface area contributed by atoms with Crippen LogP contribution in [0, 0.1) is 11.3 Å². The number of nitriles is 1. The largest absolute Gasteiger partial charge is 0.394 e. The molecule has 0 aromatic carbocycles. The number of imidazole rings is 1. The van der Waals surface area contributed by atoms with Gasteiger partial charge in [-0.15, -0.1) is 0 Å². The van der Waals surface area contributed by atoms with Crippen LogP contribution in [0.5, 0.6) is 0 Å². The van der Waals surface area contributed by atoms with E-state index in [0.29, 0.717) is 25.3 Å². The first-order chi connectivity index (χ1) is 9.85. The Morgan fingerprint density at radius 1 is 1.40 bits per heavy atom. The Morgan fingerprint density at radius 2 is 2.30 bits per heavy atom. The van der Waals surface area contributed by atoms with E-state index in [1.165, 1.54) is 0 Å². The lowest BCUT2D eigenvalue weighted by atomic mass is 10.3. The number of rotatable bonds is 8. The number of hydrogen-bond donors (Lipinski definition) is 2. The third-order valence-corrected chi connectivity index (χ3v) is 2.90. The quantitative estimate of drug-likeness (QED) is 0.692. The van der Waals surface area contributed by atoms with Gasteiger partial charge in [0.2, 0.25) is 0 Å². The molecule has 0 radical (unpaired) electrons. The number of aliphatic hydroxyl groups is 1. The van der Waals surface area contributed by atoms with Crippen molar-refractivity contribution in [2.45, 2.75) is 13.0 Å². The average molecular weight is 274 g/mol. The molecule has 6 nitrogen and oxygen atoms in total. The molecule has 2 N–H and O–H groups in total. The number of fused-ring (bicyclic) bond motifs is 1. The van der Waals surface area contributed by atoms with Gasteiger partial charge in [-0.3, -0.25) is 0 Å². The van der Waals surface area contributed by atoms with Crippen molar-refractivity contribution >= 4 is 5.65 Å². The van der Waals surface area contributed by atoms with Gasteiger partial charge in [-0.25, -0.2) is 4.98 Å². The fourth-order valence-electron chi connectivity index (χ4n) is 1.91. The van der Waals surface area contributed by atoms with Gasteiger partial charge in [0.15, 0.2) is 0 Å². The van der Waals surface area contributed by atoms with Gasteiger partial charge in [0.25, 0.3) is 0 Å². The molecule has 0 spiro atoms. The van der Waals surface area contributed by atoms with Crippen LogP contribution in [0.1, 0.15) is 17.7 Å². The molecule has 2 aromatic heterocycles. The maximum Gasteiger partial charge on any atom is 0.137 e. The number of hydrogen-bond acceptors (Lipinski definition) is 5. The van der Waals surface area contributed by atoms with E-state index in [4.69, 9.17) is 15.1 Å². The number of aromatic nitrogens is 2. The van der Waals surface area contributed by atoms with Crippen molar-refractivity contribution in [3.05, 3.63) is 35.8 Å². The summed E-state index contributed by atoms with van der Waals surface area (Å²) in [5, 5.41) is 20.8. The summed E-state index contributed by atoms with van der Waals surface area (Å²) in [6.07, 6.45) is 4.50. The minimum atomic E-state index is 0.0659. The number of ether oxygens (including phenoxy) is 1. The third-order valence-electron chi connectivity index (χ3n) is 2.90.